The molecule has 4 nitrogen and oxygen atoms in total. The van der Waals surface area contributed by atoms with Crippen LogP contribution < -0.4 is 10.5 Å². The monoisotopic (exact) mass is 190 g/mol. The molecule has 0 aliphatic rings. The quantitative estimate of drug-likeness (QED) is 0.802. The molecule has 2 aromatic rings. The molecular formula is C10H10N2O2. The topological polar surface area (TPSA) is 61.3 Å². The Bertz CT molecular complexity index is 398. The van der Waals surface area contributed by atoms with Crippen molar-refractivity contribution >= 4 is 5.88 Å². The number of hydrogen-bond acceptors (Lipinski definition) is 4. The van der Waals surface area contributed by atoms with Crippen LogP contribution in [0.3, 0.4) is 0 Å². The molecule has 1 heterocycles. The van der Waals surface area contributed by atoms with Crippen LogP contribution in [0.25, 0.3) is 0 Å². The van der Waals surface area contributed by atoms with Crippen LogP contribution in [0.2, 0.25) is 0 Å². The zero-order chi connectivity index (χ0) is 9.80. The van der Waals surface area contributed by atoms with Crippen LogP contribution in [0.15, 0.2) is 40.9 Å². The lowest BCUT2D eigenvalue weighted by Crippen LogP contribution is -1.94. The average Bonchev–Trinajstić information content (AvgIpc) is 2.63. The fraction of sp³-hybridized carbons (Fsp3) is 0.100. The Hall–Kier alpha value is -1.97. The molecule has 0 saturated heterocycles. The first kappa shape index (κ1) is 8.62. The molecule has 0 bridgehead atoms. The second-order valence-corrected chi connectivity index (χ2v) is 2.82. The van der Waals surface area contributed by atoms with Crippen molar-refractivity contribution in [1.29, 1.82) is 0 Å². The Morgan fingerprint density at radius 2 is 2.07 bits per heavy atom. The van der Waals surface area contributed by atoms with Gasteiger partial charge in [0.2, 0.25) is 5.88 Å². The molecule has 1 aromatic heterocycles. The van der Waals surface area contributed by atoms with Crippen molar-refractivity contribution in [3.63, 3.8) is 0 Å². The number of benzene rings is 1. The molecule has 1 aromatic carbocycles. The minimum absolute atomic E-state index is 0.302. The lowest BCUT2D eigenvalue weighted by molar-refractivity contribution is 0.290. The summed E-state index contributed by atoms with van der Waals surface area (Å²) in [6.07, 6.45) is 0. The van der Waals surface area contributed by atoms with Crippen molar-refractivity contribution in [2.45, 2.75) is 6.61 Å². The number of para-hydroxylation sites is 1. The van der Waals surface area contributed by atoms with Crippen molar-refractivity contribution < 1.29 is 9.26 Å². The van der Waals surface area contributed by atoms with E-state index in [9.17, 15) is 0 Å². The number of anilines is 1. The molecule has 0 spiro atoms. The number of aromatic nitrogens is 1. The number of ether oxygens (including phenoxy) is 1. The molecule has 0 amide bonds. The van der Waals surface area contributed by atoms with Crippen molar-refractivity contribution in [2.75, 3.05) is 5.73 Å². The van der Waals surface area contributed by atoms with E-state index < -0.39 is 0 Å². The van der Waals surface area contributed by atoms with Gasteiger partial charge in [0.05, 0.1) is 0 Å². The summed E-state index contributed by atoms with van der Waals surface area (Å²) in [4.78, 5) is 0. The summed E-state index contributed by atoms with van der Waals surface area (Å²) in [5.41, 5.74) is 6.05. The van der Waals surface area contributed by atoms with Gasteiger partial charge in [-0.15, -0.1) is 0 Å². The molecule has 0 unspecified atom stereocenters. The Kier molecular flexibility index (Phi) is 2.36. The molecular weight excluding hydrogens is 180 g/mol. The standard InChI is InChI=1S/C10H10N2O2/c11-10-6-8(12-14-10)7-13-9-4-2-1-3-5-9/h1-6H,7,11H2. The van der Waals surface area contributed by atoms with Gasteiger partial charge in [0.15, 0.2) is 0 Å². The summed E-state index contributed by atoms with van der Waals surface area (Å²) in [6.45, 7) is 0.366. The fourth-order valence-electron chi connectivity index (χ4n) is 1.07. The third kappa shape index (κ3) is 2.04. The maximum Gasteiger partial charge on any atom is 0.222 e. The smallest absolute Gasteiger partial charge is 0.222 e. The van der Waals surface area contributed by atoms with E-state index in [4.69, 9.17) is 15.0 Å². The summed E-state index contributed by atoms with van der Waals surface area (Å²) in [7, 11) is 0. The highest BCUT2D eigenvalue weighted by Gasteiger charge is 2.00. The second kappa shape index (κ2) is 3.83. The summed E-state index contributed by atoms with van der Waals surface area (Å²) in [5.74, 6) is 1.10. The number of hydrogen-bond donors (Lipinski definition) is 1. The molecule has 0 fully saturated rings. The molecule has 72 valence electrons. The predicted molar refractivity (Wildman–Crippen MR) is 51.7 cm³/mol. The number of nitrogens with zero attached hydrogens (tertiary/aromatic N) is 1. The van der Waals surface area contributed by atoms with Crippen LogP contribution in [-0.4, -0.2) is 5.16 Å². The molecule has 0 saturated carbocycles. The van der Waals surface area contributed by atoms with Crippen molar-refractivity contribution in [1.82, 2.24) is 5.16 Å². The third-order valence-corrected chi connectivity index (χ3v) is 1.71. The van der Waals surface area contributed by atoms with Gasteiger partial charge in [-0.3, -0.25) is 0 Å². The van der Waals surface area contributed by atoms with Crippen molar-refractivity contribution in [2.24, 2.45) is 0 Å². The Labute approximate surface area is 81.3 Å². The van der Waals surface area contributed by atoms with Gasteiger partial charge in [0, 0.05) is 6.07 Å². The molecule has 0 atom stereocenters. The van der Waals surface area contributed by atoms with E-state index in [2.05, 4.69) is 5.16 Å². The van der Waals surface area contributed by atoms with Gasteiger partial charge in [0.1, 0.15) is 18.1 Å². The fourth-order valence-corrected chi connectivity index (χ4v) is 1.07. The lowest BCUT2D eigenvalue weighted by atomic mass is 10.3. The number of nitrogen functional groups attached to an aromatic ring is 1. The molecule has 0 aliphatic heterocycles. The van der Waals surface area contributed by atoms with Gasteiger partial charge in [0.25, 0.3) is 0 Å². The van der Waals surface area contributed by atoms with Crippen LogP contribution >= 0.6 is 0 Å². The molecule has 4 heteroatoms. The minimum atomic E-state index is 0.302. The SMILES string of the molecule is Nc1cc(COc2ccccc2)no1. The predicted octanol–water partition coefficient (Wildman–Crippen LogP) is 1.84. The first-order chi connectivity index (χ1) is 6.84. The zero-order valence-electron chi connectivity index (χ0n) is 7.51. The Morgan fingerprint density at radius 1 is 1.29 bits per heavy atom. The van der Waals surface area contributed by atoms with E-state index in [0.29, 0.717) is 18.2 Å². The van der Waals surface area contributed by atoms with E-state index in [1.54, 1.807) is 6.07 Å². The lowest BCUT2D eigenvalue weighted by Gasteiger charge is -2.01. The number of rotatable bonds is 3. The molecule has 2 rings (SSSR count). The normalized spacial score (nSPS) is 10.0. The van der Waals surface area contributed by atoms with Crippen LogP contribution in [0.5, 0.6) is 5.75 Å². The Morgan fingerprint density at radius 3 is 2.71 bits per heavy atom. The average molecular weight is 190 g/mol. The van der Waals surface area contributed by atoms with Gasteiger partial charge < -0.3 is 15.0 Å². The first-order valence-corrected chi connectivity index (χ1v) is 4.23. The van der Waals surface area contributed by atoms with Gasteiger partial charge in [-0.1, -0.05) is 23.4 Å². The number of nitrogens with two attached hydrogens (primary N) is 1. The van der Waals surface area contributed by atoms with Gasteiger partial charge in [-0.05, 0) is 12.1 Å². The third-order valence-electron chi connectivity index (χ3n) is 1.71. The van der Waals surface area contributed by atoms with Crippen LogP contribution in [-0.2, 0) is 6.61 Å². The maximum absolute atomic E-state index is 5.43. The van der Waals surface area contributed by atoms with Crippen LogP contribution in [0, 0.1) is 0 Å². The Balaban J connectivity index is 1.95. The molecule has 0 aliphatic carbocycles. The van der Waals surface area contributed by atoms with Crippen molar-refractivity contribution in [3.8, 4) is 5.75 Å². The van der Waals surface area contributed by atoms with Gasteiger partial charge >= 0.3 is 0 Å². The van der Waals surface area contributed by atoms with Crippen LogP contribution in [0.4, 0.5) is 5.88 Å². The summed E-state index contributed by atoms with van der Waals surface area (Å²) in [6, 6.07) is 11.1. The van der Waals surface area contributed by atoms with E-state index in [1.165, 1.54) is 0 Å². The van der Waals surface area contributed by atoms with Gasteiger partial charge in [-0.25, -0.2) is 0 Å². The van der Waals surface area contributed by atoms with E-state index in [0.717, 1.165) is 5.75 Å². The zero-order valence-corrected chi connectivity index (χ0v) is 7.51. The van der Waals surface area contributed by atoms with E-state index in [-0.39, 0.29) is 0 Å². The summed E-state index contributed by atoms with van der Waals surface area (Å²) < 4.78 is 10.1. The van der Waals surface area contributed by atoms with Crippen LogP contribution in [0.1, 0.15) is 5.69 Å². The summed E-state index contributed by atoms with van der Waals surface area (Å²) >= 11 is 0. The highest BCUT2D eigenvalue weighted by molar-refractivity contribution is 5.25. The van der Waals surface area contributed by atoms with E-state index in [1.807, 2.05) is 30.3 Å². The molecule has 0 radical (unpaired) electrons. The minimum Gasteiger partial charge on any atom is -0.487 e. The molecule has 14 heavy (non-hydrogen) atoms. The largest absolute Gasteiger partial charge is 0.487 e. The molecule has 2 N–H and O–H groups in total. The highest BCUT2D eigenvalue weighted by Crippen LogP contribution is 2.12. The second-order valence-electron chi connectivity index (χ2n) is 2.82. The van der Waals surface area contributed by atoms with Crippen molar-refractivity contribution in [3.05, 3.63) is 42.1 Å². The van der Waals surface area contributed by atoms with Gasteiger partial charge in [-0.2, -0.15) is 0 Å². The maximum atomic E-state index is 5.43. The first-order valence-electron chi connectivity index (χ1n) is 4.23. The highest BCUT2D eigenvalue weighted by atomic mass is 16.5. The summed E-state index contributed by atoms with van der Waals surface area (Å²) in [5, 5.41) is 3.71. The van der Waals surface area contributed by atoms with E-state index >= 15 is 0 Å².